The highest BCUT2D eigenvalue weighted by molar-refractivity contribution is 7.89. The van der Waals surface area contributed by atoms with Crippen molar-refractivity contribution in [2.45, 2.75) is 24.0 Å². The van der Waals surface area contributed by atoms with Crippen LogP contribution in [0.3, 0.4) is 0 Å². The van der Waals surface area contributed by atoms with Crippen LogP contribution in [-0.4, -0.2) is 36.9 Å². The number of fused-ring (bicyclic) bond motifs is 1. The minimum Gasteiger partial charge on any atom is -0.408 e. The first kappa shape index (κ1) is 17.0. The van der Waals surface area contributed by atoms with Gasteiger partial charge in [-0.05, 0) is 24.6 Å². The monoisotopic (exact) mass is 374 g/mol. The zero-order chi connectivity index (χ0) is 18.3. The normalized spacial score (nSPS) is 21.9. The van der Waals surface area contributed by atoms with Gasteiger partial charge in [0.05, 0.1) is 22.6 Å². The van der Waals surface area contributed by atoms with Crippen LogP contribution in [0.1, 0.15) is 18.6 Å². The predicted molar refractivity (Wildman–Crippen MR) is 95.3 cm³/mol. The Morgan fingerprint density at radius 2 is 1.88 bits per heavy atom. The van der Waals surface area contributed by atoms with Crippen LogP contribution in [0.2, 0.25) is 0 Å². The van der Waals surface area contributed by atoms with Gasteiger partial charge in [-0.2, -0.15) is 4.31 Å². The van der Waals surface area contributed by atoms with E-state index < -0.39 is 15.8 Å². The average molecular weight is 374 g/mol. The fourth-order valence-electron chi connectivity index (χ4n) is 3.20. The number of aromatic amines is 1. The molecule has 2 heterocycles. The second kappa shape index (κ2) is 6.39. The van der Waals surface area contributed by atoms with Gasteiger partial charge in [-0.25, -0.2) is 13.2 Å². The largest absolute Gasteiger partial charge is 0.417 e. The highest BCUT2D eigenvalue weighted by Crippen LogP contribution is 2.29. The second-order valence-corrected chi connectivity index (χ2v) is 8.28. The van der Waals surface area contributed by atoms with E-state index in [4.69, 9.17) is 9.15 Å². The van der Waals surface area contributed by atoms with Crippen molar-refractivity contribution in [1.82, 2.24) is 9.29 Å². The van der Waals surface area contributed by atoms with E-state index in [0.29, 0.717) is 5.52 Å². The Labute approximate surface area is 150 Å². The third-order valence-electron chi connectivity index (χ3n) is 4.43. The molecule has 1 fully saturated rings. The number of ether oxygens (including phenoxy) is 1. The van der Waals surface area contributed by atoms with Crippen LogP contribution >= 0.6 is 0 Å². The Kier molecular flexibility index (Phi) is 4.18. The molecule has 2 aromatic carbocycles. The van der Waals surface area contributed by atoms with Crippen molar-refractivity contribution in [1.29, 1.82) is 0 Å². The standard InChI is InChI=1S/C18H18N2O5S/c1-12-10-20(11-17(24-12)13-5-3-2-4-6-13)26(22,23)14-7-8-15-16(9-14)25-18(21)19-15/h2-9,12,17H,10-11H2,1H3,(H,19,21). The number of H-pyrrole nitrogens is 1. The Bertz CT molecular complexity index is 1090. The first-order valence-corrected chi connectivity index (χ1v) is 9.71. The number of morpholine rings is 1. The number of rotatable bonds is 3. The predicted octanol–water partition coefficient (Wildman–Crippen LogP) is 2.27. The molecule has 3 aromatic rings. The van der Waals surface area contributed by atoms with Gasteiger partial charge in [-0.15, -0.1) is 0 Å². The summed E-state index contributed by atoms with van der Waals surface area (Å²) in [5.74, 6) is -0.612. The molecule has 0 amide bonds. The van der Waals surface area contributed by atoms with Crippen LogP contribution in [0.4, 0.5) is 0 Å². The SMILES string of the molecule is CC1CN(S(=O)(=O)c2ccc3[nH]c(=O)oc3c2)CC(c2ccccc2)O1. The van der Waals surface area contributed by atoms with Crippen LogP contribution in [0.15, 0.2) is 62.6 Å². The lowest BCUT2D eigenvalue weighted by Gasteiger charge is -2.36. The molecule has 1 aliphatic heterocycles. The van der Waals surface area contributed by atoms with Gasteiger partial charge in [-0.3, -0.25) is 4.98 Å². The van der Waals surface area contributed by atoms with E-state index in [9.17, 15) is 13.2 Å². The van der Waals surface area contributed by atoms with Crippen LogP contribution in [0.25, 0.3) is 11.1 Å². The summed E-state index contributed by atoms with van der Waals surface area (Å²) < 4.78 is 38.5. The van der Waals surface area contributed by atoms with E-state index in [0.717, 1.165) is 5.56 Å². The number of aromatic nitrogens is 1. The van der Waals surface area contributed by atoms with Crippen LogP contribution < -0.4 is 5.76 Å². The van der Waals surface area contributed by atoms with E-state index in [-0.39, 0.29) is 35.8 Å². The summed E-state index contributed by atoms with van der Waals surface area (Å²) in [5, 5.41) is 0. The third-order valence-corrected chi connectivity index (χ3v) is 6.26. The lowest BCUT2D eigenvalue weighted by molar-refractivity contribution is -0.0557. The molecule has 1 N–H and O–H groups in total. The van der Waals surface area contributed by atoms with Gasteiger partial charge in [0.25, 0.3) is 0 Å². The number of hydrogen-bond acceptors (Lipinski definition) is 5. The number of benzene rings is 2. The van der Waals surface area contributed by atoms with E-state index in [1.54, 1.807) is 0 Å². The van der Waals surface area contributed by atoms with E-state index in [1.165, 1.54) is 22.5 Å². The highest BCUT2D eigenvalue weighted by atomic mass is 32.2. The highest BCUT2D eigenvalue weighted by Gasteiger charge is 2.34. The van der Waals surface area contributed by atoms with Gasteiger partial charge in [0, 0.05) is 19.2 Å². The van der Waals surface area contributed by atoms with Gasteiger partial charge in [0.1, 0.15) is 0 Å². The zero-order valence-corrected chi connectivity index (χ0v) is 14.9. The first-order valence-electron chi connectivity index (χ1n) is 8.27. The van der Waals surface area contributed by atoms with Crippen LogP contribution in [-0.2, 0) is 14.8 Å². The summed E-state index contributed by atoms with van der Waals surface area (Å²) in [7, 11) is -3.74. The number of oxazole rings is 1. The van der Waals surface area contributed by atoms with E-state index in [2.05, 4.69) is 4.98 Å². The summed E-state index contributed by atoms with van der Waals surface area (Å²) in [6, 6.07) is 13.9. The van der Waals surface area contributed by atoms with Crippen molar-refractivity contribution in [2.24, 2.45) is 0 Å². The Morgan fingerprint density at radius 3 is 2.65 bits per heavy atom. The topological polar surface area (TPSA) is 92.6 Å². The Morgan fingerprint density at radius 1 is 1.12 bits per heavy atom. The molecule has 136 valence electrons. The molecule has 1 saturated heterocycles. The lowest BCUT2D eigenvalue weighted by atomic mass is 10.1. The fourth-order valence-corrected chi connectivity index (χ4v) is 4.73. The summed E-state index contributed by atoms with van der Waals surface area (Å²) in [6.07, 6.45) is -0.568. The molecule has 2 unspecified atom stereocenters. The second-order valence-electron chi connectivity index (χ2n) is 6.34. The zero-order valence-electron chi connectivity index (χ0n) is 14.1. The molecule has 0 aliphatic carbocycles. The quantitative estimate of drug-likeness (QED) is 0.759. The summed E-state index contributed by atoms with van der Waals surface area (Å²) in [5.41, 5.74) is 1.62. The molecule has 26 heavy (non-hydrogen) atoms. The number of nitrogens with one attached hydrogen (secondary N) is 1. The van der Waals surface area contributed by atoms with Gasteiger partial charge >= 0.3 is 5.76 Å². The van der Waals surface area contributed by atoms with Crippen molar-refractivity contribution in [2.75, 3.05) is 13.1 Å². The molecule has 7 nitrogen and oxygen atoms in total. The summed E-state index contributed by atoms with van der Waals surface area (Å²) >= 11 is 0. The van der Waals surface area contributed by atoms with Crippen molar-refractivity contribution >= 4 is 21.1 Å². The molecule has 0 radical (unpaired) electrons. The van der Waals surface area contributed by atoms with Gasteiger partial charge in [0.15, 0.2) is 5.58 Å². The lowest BCUT2D eigenvalue weighted by Crippen LogP contribution is -2.45. The van der Waals surface area contributed by atoms with Crippen molar-refractivity contribution in [3.63, 3.8) is 0 Å². The summed E-state index contributed by atoms with van der Waals surface area (Å²) in [4.78, 5) is 13.9. The smallest absolute Gasteiger partial charge is 0.408 e. The maximum atomic E-state index is 13.1. The summed E-state index contributed by atoms with van der Waals surface area (Å²) in [6.45, 7) is 2.35. The van der Waals surface area contributed by atoms with Crippen molar-refractivity contribution < 1.29 is 17.6 Å². The van der Waals surface area contributed by atoms with Crippen LogP contribution in [0, 0.1) is 0 Å². The molecule has 0 saturated carbocycles. The molecular formula is C18H18N2O5S. The third kappa shape index (κ3) is 3.07. The number of sulfonamides is 1. The minimum absolute atomic E-state index is 0.0914. The molecule has 4 rings (SSSR count). The van der Waals surface area contributed by atoms with E-state index >= 15 is 0 Å². The van der Waals surface area contributed by atoms with Gasteiger partial charge in [0.2, 0.25) is 10.0 Å². The van der Waals surface area contributed by atoms with Crippen molar-refractivity contribution in [3.05, 3.63) is 64.6 Å². The molecular weight excluding hydrogens is 356 g/mol. The first-order chi connectivity index (χ1) is 12.4. The molecule has 0 bridgehead atoms. The fraction of sp³-hybridized carbons (Fsp3) is 0.278. The van der Waals surface area contributed by atoms with E-state index in [1.807, 2.05) is 37.3 Å². The molecule has 2 atom stereocenters. The van der Waals surface area contributed by atoms with Crippen LogP contribution in [0.5, 0.6) is 0 Å². The van der Waals surface area contributed by atoms with Gasteiger partial charge < -0.3 is 9.15 Å². The van der Waals surface area contributed by atoms with Crippen molar-refractivity contribution in [3.8, 4) is 0 Å². The molecule has 1 aliphatic rings. The molecule has 0 spiro atoms. The maximum Gasteiger partial charge on any atom is 0.417 e. The number of nitrogens with zero attached hydrogens (tertiary/aromatic N) is 1. The molecule has 1 aromatic heterocycles. The minimum atomic E-state index is -3.74. The van der Waals surface area contributed by atoms with Gasteiger partial charge in [-0.1, -0.05) is 30.3 Å². The molecule has 8 heteroatoms. The Hall–Kier alpha value is -2.42. The average Bonchev–Trinajstić information content (AvgIpc) is 3.01. The maximum absolute atomic E-state index is 13.1. The Balaban J connectivity index is 1.68. The number of hydrogen-bond donors (Lipinski definition) is 1.